The van der Waals surface area contributed by atoms with E-state index in [1.807, 2.05) is 11.8 Å². The van der Waals surface area contributed by atoms with Crippen LogP contribution in [0.3, 0.4) is 0 Å². The molecule has 2 rings (SSSR count). The van der Waals surface area contributed by atoms with Gasteiger partial charge in [-0.2, -0.15) is 0 Å². The molecule has 1 aromatic carbocycles. The summed E-state index contributed by atoms with van der Waals surface area (Å²) in [6.07, 6.45) is 3.61. The molecule has 1 nitrogen and oxygen atoms in total. The number of aryl methyl sites for hydroxylation is 1. The van der Waals surface area contributed by atoms with Crippen molar-refractivity contribution < 1.29 is 0 Å². The van der Waals surface area contributed by atoms with Gasteiger partial charge in [-0.3, -0.25) is 0 Å². The van der Waals surface area contributed by atoms with Crippen molar-refractivity contribution >= 4 is 11.8 Å². The van der Waals surface area contributed by atoms with Crippen molar-refractivity contribution in [1.82, 2.24) is 0 Å². The molecule has 0 radical (unpaired) electrons. The predicted molar refractivity (Wildman–Crippen MR) is 62.7 cm³/mol. The fourth-order valence-corrected chi connectivity index (χ4v) is 2.68. The second-order valence-electron chi connectivity index (χ2n) is 4.28. The maximum absolute atomic E-state index is 6.03. The molecular formula is C12H17NS. The third-order valence-electron chi connectivity index (χ3n) is 2.75. The lowest BCUT2D eigenvalue weighted by Crippen LogP contribution is -2.21. The average molecular weight is 207 g/mol. The van der Waals surface area contributed by atoms with Crippen LogP contribution >= 0.6 is 11.8 Å². The molecule has 0 aliphatic heterocycles. The Bertz CT molecular complexity index is 318. The third kappa shape index (κ3) is 2.76. The largest absolute Gasteiger partial charge is 0.325 e. The molecule has 76 valence electrons. The standard InChI is InChI=1S/C12H17NS/c1-10-3-2-4-11(9-10)14-8-7-12(13)5-6-12/h2-4,9H,5-8,13H2,1H3. The number of thioether (sulfide) groups is 1. The van der Waals surface area contributed by atoms with E-state index in [1.54, 1.807) is 0 Å². The maximum atomic E-state index is 6.03. The molecule has 1 aliphatic carbocycles. The van der Waals surface area contributed by atoms with E-state index in [4.69, 9.17) is 5.73 Å². The zero-order chi connectivity index (χ0) is 10.0. The fourth-order valence-electron chi connectivity index (χ4n) is 1.49. The number of benzene rings is 1. The van der Waals surface area contributed by atoms with Gasteiger partial charge in [0.15, 0.2) is 0 Å². The van der Waals surface area contributed by atoms with Crippen molar-refractivity contribution in [3.8, 4) is 0 Å². The van der Waals surface area contributed by atoms with Crippen LogP contribution in [0.15, 0.2) is 29.2 Å². The molecule has 0 aromatic heterocycles. The molecule has 1 aliphatic rings. The summed E-state index contributed by atoms with van der Waals surface area (Å²) >= 11 is 1.92. The normalized spacial score (nSPS) is 18.1. The summed E-state index contributed by atoms with van der Waals surface area (Å²) in [6.45, 7) is 2.13. The van der Waals surface area contributed by atoms with Gasteiger partial charge in [-0.15, -0.1) is 11.8 Å². The van der Waals surface area contributed by atoms with Gasteiger partial charge in [0.25, 0.3) is 0 Å². The van der Waals surface area contributed by atoms with Gasteiger partial charge in [-0.1, -0.05) is 17.7 Å². The maximum Gasteiger partial charge on any atom is 0.0163 e. The first-order valence-corrected chi connectivity index (χ1v) is 6.15. The van der Waals surface area contributed by atoms with Gasteiger partial charge in [0, 0.05) is 10.4 Å². The first-order valence-electron chi connectivity index (χ1n) is 5.16. The van der Waals surface area contributed by atoms with Gasteiger partial charge in [-0.05, 0) is 44.1 Å². The summed E-state index contributed by atoms with van der Waals surface area (Å²) in [6, 6.07) is 8.66. The van der Waals surface area contributed by atoms with E-state index in [1.165, 1.54) is 23.3 Å². The Morgan fingerprint density at radius 2 is 2.21 bits per heavy atom. The van der Waals surface area contributed by atoms with Crippen LogP contribution in [0, 0.1) is 6.92 Å². The van der Waals surface area contributed by atoms with Crippen molar-refractivity contribution in [2.45, 2.75) is 36.6 Å². The molecule has 0 amide bonds. The Kier molecular flexibility index (Phi) is 2.84. The summed E-state index contributed by atoms with van der Waals surface area (Å²) < 4.78 is 0. The fraction of sp³-hybridized carbons (Fsp3) is 0.500. The molecule has 1 saturated carbocycles. The van der Waals surface area contributed by atoms with Gasteiger partial charge >= 0.3 is 0 Å². The van der Waals surface area contributed by atoms with Crippen molar-refractivity contribution in [3.63, 3.8) is 0 Å². The molecule has 0 saturated heterocycles. The summed E-state index contributed by atoms with van der Waals surface area (Å²) in [4.78, 5) is 1.37. The monoisotopic (exact) mass is 207 g/mol. The Hall–Kier alpha value is -0.470. The smallest absolute Gasteiger partial charge is 0.0163 e. The van der Waals surface area contributed by atoms with Crippen LogP contribution in [0.2, 0.25) is 0 Å². The zero-order valence-electron chi connectivity index (χ0n) is 8.62. The third-order valence-corrected chi connectivity index (χ3v) is 3.75. The highest BCUT2D eigenvalue weighted by Crippen LogP contribution is 2.37. The Labute approximate surface area is 90.1 Å². The minimum Gasteiger partial charge on any atom is -0.325 e. The Morgan fingerprint density at radius 1 is 1.43 bits per heavy atom. The Morgan fingerprint density at radius 3 is 2.86 bits per heavy atom. The summed E-state index contributed by atoms with van der Waals surface area (Å²) in [7, 11) is 0. The van der Waals surface area contributed by atoms with E-state index in [9.17, 15) is 0 Å². The summed E-state index contributed by atoms with van der Waals surface area (Å²) in [5.41, 5.74) is 7.57. The second-order valence-corrected chi connectivity index (χ2v) is 5.45. The van der Waals surface area contributed by atoms with Crippen LogP contribution in [0.5, 0.6) is 0 Å². The minimum absolute atomic E-state index is 0.205. The van der Waals surface area contributed by atoms with Crippen LogP contribution in [0.25, 0.3) is 0 Å². The van der Waals surface area contributed by atoms with E-state index in [-0.39, 0.29) is 5.54 Å². The first kappa shape index (κ1) is 10.1. The molecule has 1 aromatic rings. The van der Waals surface area contributed by atoms with E-state index in [2.05, 4.69) is 31.2 Å². The van der Waals surface area contributed by atoms with Crippen LogP contribution in [0.4, 0.5) is 0 Å². The minimum atomic E-state index is 0.205. The van der Waals surface area contributed by atoms with Gasteiger partial charge in [0.1, 0.15) is 0 Å². The van der Waals surface area contributed by atoms with Gasteiger partial charge in [-0.25, -0.2) is 0 Å². The molecule has 0 bridgehead atoms. The highest BCUT2D eigenvalue weighted by atomic mass is 32.2. The van der Waals surface area contributed by atoms with Crippen LogP contribution in [-0.2, 0) is 0 Å². The lowest BCUT2D eigenvalue weighted by molar-refractivity contribution is 0.656. The van der Waals surface area contributed by atoms with Crippen molar-refractivity contribution in [2.24, 2.45) is 5.73 Å². The molecule has 0 heterocycles. The number of rotatable bonds is 4. The van der Waals surface area contributed by atoms with E-state index in [0.717, 1.165) is 12.2 Å². The lowest BCUT2D eigenvalue weighted by Gasteiger charge is -2.07. The van der Waals surface area contributed by atoms with E-state index >= 15 is 0 Å². The van der Waals surface area contributed by atoms with Crippen molar-refractivity contribution in [2.75, 3.05) is 5.75 Å². The quantitative estimate of drug-likeness (QED) is 0.768. The molecule has 0 atom stereocenters. The number of hydrogen-bond acceptors (Lipinski definition) is 2. The topological polar surface area (TPSA) is 26.0 Å². The predicted octanol–water partition coefficient (Wildman–Crippen LogP) is 2.97. The zero-order valence-corrected chi connectivity index (χ0v) is 9.44. The molecule has 2 heteroatoms. The molecular weight excluding hydrogens is 190 g/mol. The molecule has 0 spiro atoms. The van der Waals surface area contributed by atoms with Crippen molar-refractivity contribution in [1.29, 1.82) is 0 Å². The number of hydrogen-bond donors (Lipinski definition) is 1. The van der Waals surface area contributed by atoms with Crippen molar-refractivity contribution in [3.05, 3.63) is 29.8 Å². The SMILES string of the molecule is Cc1cccc(SCCC2(N)CC2)c1. The molecule has 2 N–H and O–H groups in total. The van der Waals surface area contributed by atoms with Gasteiger partial charge in [0.2, 0.25) is 0 Å². The summed E-state index contributed by atoms with van der Waals surface area (Å²) in [5, 5.41) is 0. The van der Waals surface area contributed by atoms with Crippen LogP contribution in [0.1, 0.15) is 24.8 Å². The van der Waals surface area contributed by atoms with Crippen LogP contribution < -0.4 is 5.73 Å². The highest BCUT2D eigenvalue weighted by Gasteiger charge is 2.37. The van der Waals surface area contributed by atoms with E-state index < -0.39 is 0 Å². The lowest BCUT2D eigenvalue weighted by atomic mass is 10.2. The molecule has 14 heavy (non-hydrogen) atoms. The van der Waals surface area contributed by atoms with Gasteiger partial charge < -0.3 is 5.73 Å². The van der Waals surface area contributed by atoms with Gasteiger partial charge in [0.05, 0.1) is 0 Å². The number of nitrogens with two attached hydrogens (primary N) is 1. The first-order chi connectivity index (χ1) is 6.68. The Balaban J connectivity index is 1.80. The second kappa shape index (κ2) is 3.95. The highest BCUT2D eigenvalue weighted by molar-refractivity contribution is 7.99. The van der Waals surface area contributed by atoms with Crippen LogP contribution in [-0.4, -0.2) is 11.3 Å². The molecule has 1 fully saturated rings. The average Bonchev–Trinajstić information content (AvgIpc) is 2.84. The summed E-state index contributed by atoms with van der Waals surface area (Å²) in [5.74, 6) is 1.15. The molecule has 0 unspecified atom stereocenters. The van der Waals surface area contributed by atoms with E-state index in [0.29, 0.717) is 0 Å².